The van der Waals surface area contributed by atoms with E-state index in [2.05, 4.69) is 10.3 Å². The monoisotopic (exact) mass is 287 g/mol. The molecule has 8 heteroatoms. The van der Waals surface area contributed by atoms with Gasteiger partial charge in [0.25, 0.3) is 0 Å². The average molecular weight is 287 g/mol. The van der Waals surface area contributed by atoms with E-state index < -0.39 is 29.9 Å². The molecule has 2 unspecified atom stereocenters. The third-order valence-corrected chi connectivity index (χ3v) is 3.05. The minimum atomic E-state index is -4.54. The molecular weight excluding hydrogens is 275 g/mol. The number of nitrogens with one attached hydrogen (secondary N) is 1. The molecule has 5 nitrogen and oxygen atoms in total. The highest BCUT2D eigenvalue weighted by atomic mass is 19.4. The number of halogens is 3. The predicted molar refractivity (Wildman–Crippen MR) is 63.8 cm³/mol. The summed E-state index contributed by atoms with van der Waals surface area (Å²) in [6.07, 6.45) is -3.59. The van der Waals surface area contributed by atoms with Gasteiger partial charge in [-0.05, 0) is 26.0 Å². The number of pyridine rings is 1. The Morgan fingerprint density at radius 3 is 2.40 bits per heavy atom. The molecule has 2 atom stereocenters. The minimum Gasteiger partial charge on any atom is -0.343 e. The van der Waals surface area contributed by atoms with Gasteiger partial charge < -0.3 is 5.32 Å². The quantitative estimate of drug-likeness (QED) is 0.848. The van der Waals surface area contributed by atoms with Crippen molar-refractivity contribution in [2.75, 3.05) is 4.90 Å². The second-order valence-corrected chi connectivity index (χ2v) is 4.51. The third kappa shape index (κ3) is 2.45. The van der Waals surface area contributed by atoms with Crippen molar-refractivity contribution in [1.29, 1.82) is 0 Å². The van der Waals surface area contributed by atoms with Crippen molar-refractivity contribution < 1.29 is 22.8 Å². The Morgan fingerprint density at radius 2 is 1.90 bits per heavy atom. The second kappa shape index (κ2) is 4.77. The van der Waals surface area contributed by atoms with Gasteiger partial charge in [0.05, 0.1) is 11.9 Å². The van der Waals surface area contributed by atoms with E-state index in [1.54, 1.807) is 0 Å². The van der Waals surface area contributed by atoms with Crippen molar-refractivity contribution in [3.8, 4) is 0 Å². The van der Waals surface area contributed by atoms with Gasteiger partial charge in [0.15, 0.2) is 0 Å². The lowest BCUT2D eigenvalue weighted by atomic mass is 10.1. The van der Waals surface area contributed by atoms with Crippen LogP contribution < -0.4 is 10.2 Å². The lowest BCUT2D eigenvalue weighted by molar-refractivity contribution is -0.141. The highest BCUT2D eigenvalue weighted by Gasteiger charge is 2.38. The molecule has 1 aromatic heterocycles. The number of hydrogen-bond acceptors (Lipinski definition) is 3. The molecule has 2 rings (SSSR count). The molecule has 20 heavy (non-hydrogen) atoms. The van der Waals surface area contributed by atoms with Crippen LogP contribution in [0.15, 0.2) is 18.3 Å². The number of carbonyl (C=O) groups is 2. The average Bonchev–Trinajstić information content (AvgIpc) is 2.36. The molecule has 108 valence electrons. The number of amides is 2. The van der Waals surface area contributed by atoms with Crippen LogP contribution in [0.25, 0.3) is 0 Å². The zero-order valence-corrected chi connectivity index (χ0v) is 10.7. The Hall–Kier alpha value is -2.12. The highest BCUT2D eigenvalue weighted by molar-refractivity contribution is 6.07. The zero-order valence-electron chi connectivity index (χ0n) is 10.7. The largest absolute Gasteiger partial charge is 0.433 e. The molecule has 2 amide bonds. The fourth-order valence-electron chi connectivity index (χ4n) is 1.96. The van der Waals surface area contributed by atoms with E-state index in [-0.39, 0.29) is 11.6 Å². The number of hydrogen-bond donors (Lipinski definition) is 1. The van der Waals surface area contributed by atoms with Crippen molar-refractivity contribution >= 4 is 17.5 Å². The number of alkyl halides is 3. The first kappa shape index (κ1) is 14.3. The standard InChI is InChI=1S/C12H12F3N3O2/c1-6-11(20)18(7(2)10(19)17-6)8-3-4-9(16-5-8)12(13,14)15/h3-7H,1-2H3,(H,17,19). The number of piperazine rings is 1. The van der Waals surface area contributed by atoms with Crippen LogP contribution in [0.1, 0.15) is 19.5 Å². The molecule has 0 spiro atoms. The van der Waals surface area contributed by atoms with Crippen LogP contribution in [-0.2, 0) is 15.8 Å². The lowest BCUT2D eigenvalue weighted by Crippen LogP contribution is -2.61. The van der Waals surface area contributed by atoms with Crippen molar-refractivity contribution in [1.82, 2.24) is 10.3 Å². The van der Waals surface area contributed by atoms with Crippen molar-refractivity contribution in [2.24, 2.45) is 0 Å². The third-order valence-electron chi connectivity index (χ3n) is 3.05. The van der Waals surface area contributed by atoms with Gasteiger partial charge in [0, 0.05) is 0 Å². The van der Waals surface area contributed by atoms with Crippen LogP contribution in [0.5, 0.6) is 0 Å². The molecule has 0 aliphatic carbocycles. The van der Waals surface area contributed by atoms with Crippen LogP contribution in [0.3, 0.4) is 0 Å². The van der Waals surface area contributed by atoms with Gasteiger partial charge in [0.2, 0.25) is 11.8 Å². The van der Waals surface area contributed by atoms with Crippen LogP contribution >= 0.6 is 0 Å². The molecule has 1 saturated heterocycles. The van der Waals surface area contributed by atoms with Gasteiger partial charge in [0.1, 0.15) is 17.8 Å². The van der Waals surface area contributed by atoms with Gasteiger partial charge in [-0.15, -0.1) is 0 Å². The Bertz CT molecular complexity index is 542. The summed E-state index contributed by atoms with van der Waals surface area (Å²) in [6, 6.07) is 0.403. The van der Waals surface area contributed by atoms with Gasteiger partial charge in [-0.1, -0.05) is 0 Å². The van der Waals surface area contributed by atoms with Crippen molar-refractivity contribution in [2.45, 2.75) is 32.1 Å². The molecule has 2 heterocycles. The molecule has 0 saturated carbocycles. The van der Waals surface area contributed by atoms with Crippen LogP contribution in [0.2, 0.25) is 0 Å². The number of aromatic nitrogens is 1. The minimum absolute atomic E-state index is 0.164. The fraction of sp³-hybridized carbons (Fsp3) is 0.417. The first-order valence-corrected chi connectivity index (χ1v) is 5.88. The van der Waals surface area contributed by atoms with E-state index in [1.807, 2.05) is 0 Å². The van der Waals surface area contributed by atoms with E-state index in [0.717, 1.165) is 23.2 Å². The molecule has 1 N–H and O–H groups in total. The summed E-state index contributed by atoms with van der Waals surface area (Å²) in [5, 5.41) is 2.48. The van der Waals surface area contributed by atoms with Gasteiger partial charge >= 0.3 is 6.18 Å². The maximum absolute atomic E-state index is 12.4. The topological polar surface area (TPSA) is 62.3 Å². The number of rotatable bonds is 1. The van der Waals surface area contributed by atoms with Crippen LogP contribution in [-0.4, -0.2) is 28.9 Å². The number of carbonyl (C=O) groups excluding carboxylic acids is 2. The molecule has 0 radical (unpaired) electrons. The van der Waals surface area contributed by atoms with E-state index >= 15 is 0 Å². The van der Waals surface area contributed by atoms with Gasteiger partial charge in [-0.2, -0.15) is 13.2 Å². The van der Waals surface area contributed by atoms with Gasteiger partial charge in [-0.3, -0.25) is 14.5 Å². The molecule has 1 aromatic rings. The summed E-state index contributed by atoms with van der Waals surface area (Å²) in [7, 11) is 0. The van der Waals surface area contributed by atoms with Crippen LogP contribution in [0.4, 0.5) is 18.9 Å². The zero-order chi connectivity index (χ0) is 15.1. The molecule has 1 aliphatic rings. The smallest absolute Gasteiger partial charge is 0.343 e. The maximum atomic E-state index is 12.4. The summed E-state index contributed by atoms with van der Waals surface area (Å²) < 4.78 is 37.3. The number of nitrogens with zero attached hydrogens (tertiary/aromatic N) is 2. The molecule has 1 aliphatic heterocycles. The van der Waals surface area contributed by atoms with Crippen molar-refractivity contribution in [3.05, 3.63) is 24.0 Å². The van der Waals surface area contributed by atoms with E-state index in [1.165, 1.54) is 13.8 Å². The Balaban J connectivity index is 2.34. The second-order valence-electron chi connectivity index (χ2n) is 4.51. The van der Waals surface area contributed by atoms with Gasteiger partial charge in [-0.25, -0.2) is 4.98 Å². The SMILES string of the molecule is CC1NC(=O)C(C)N(c2ccc(C(F)(F)F)nc2)C1=O. The highest BCUT2D eigenvalue weighted by Crippen LogP contribution is 2.29. The molecule has 0 bridgehead atoms. The Labute approximate surface area is 112 Å². The Morgan fingerprint density at radius 1 is 1.25 bits per heavy atom. The fourth-order valence-corrected chi connectivity index (χ4v) is 1.96. The van der Waals surface area contributed by atoms with E-state index in [9.17, 15) is 22.8 Å². The summed E-state index contributed by atoms with van der Waals surface area (Å²) in [6.45, 7) is 3.01. The summed E-state index contributed by atoms with van der Waals surface area (Å²) in [5.41, 5.74) is -0.881. The first-order valence-electron chi connectivity index (χ1n) is 5.88. The summed E-state index contributed by atoms with van der Waals surface area (Å²) in [4.78, 5) is 28.1. The summed E-state index contributed by atoms with van der Waals surface area (Å²) in [5.74, 6) is -0.754. The summed E-state index contributed by atoms with van der Waals surface area (Å²) >= 11 is 0. The first-order chi connectivity index (χ1) is 9.21. The van der Waals surface area contributed by atoms with Crippen molar-refractivity contribution in [3.63, 3.8) is 0 Å². The van der Waals surface area contributed by atoms with E-state index in [0.29, 0.717) is 0 Å². The van der Waals surface area contributed by atoms with Crippen LogP contribution in [0, 0.1) is 0 Å². The predicted octanol–water partition coefficient (Wildman–Crippen LogP) is 1.34. The molecule has 1 fully saturated rings. The normalized spacial score (nSPS) is 23.8. The number of anilines is 1. The lowest BCUT2D eigenvalue weighted by Gasteiger charge is -2.35. The Kier molecular flexibility index (Phi) is 3.41. The molecule has 0 aromatic carbocycles. The molecular formula is C12H12F3N3O2. The van der Waals surface area contributed by atoms with E-state index in [4.69, 9.17) is 0 Å². The maximum Gasteiger partial charge on any atom is 0.433 e.